The van der Waals surface area contributed by atoms with E-state index in [9.17, 15) is 14.7 Å². The summed E-state index contributed by atoms with van der Waals surface area (Å²) in [6.07, 6.45) is 1.66. The summed E-state index contributed by atoms with van der Waals surface area (Å²) >= 11 is 1.65. The zero-order valence-corrected chi connectivity index (χ0v) is 16.8. The van der Waals surface area contributed by atoms with Crippen LogP contribution in [0.4, 0.5) is 0 Å². The molecule has 0 atom stereocenters. The van der Waals surface area contributed by atoms with Crippen LogP contribution in [0.1, 0.15) is 28.8 Å². The molecule has 0 spiro atoms. The summed E-state index contributed by atoms with van der Waals surface area (Å²) in [6.45, 7) is 1.68. The zero-order chi connectivity index (χ0) is 20.0. The molecule has 0 radical (unpaired) electrons. The number of carbonyl (C=O) groups is 1. The zero-order valence-electron chi connectivity index (χ0n) is 16.0. The molecule has 0 unspecified atom stereocenters. The van der Waals surface area contributed by atoms with Crippen LogP contribution in [0.5, 0.6) is 0 Å². The first-order valence-electron chi connectivity index (χ1n) is 10.0. The van der Waals surface area contributed by atoms with Crippen molar-refractivity contribution in [3.8, 4) is 21.0 Å². The van der Waals surface area contributed by atoms with Gasteiger partial charge in [0, 0.05) is 30.6 Å². The maximum atomic E-state index is 13.3. The predicted octanol–water partition coefficient (Wildman–Crippen LogP) is 3.40. The lowest BCUT2D eigenvalue weighted by Crippen LogP contribution is -2.41. The molecule has 4 heterocycles. The highest BCUT2D eigenvalue weighted by molar-refractivity contribution is 7.19. The van der Waals surface area contributed by atoms with Crippen molar-refractivity contribution in [2.75, 3.05) is 13.1 Å². The molecule has 1 saturated heterocycles. The van der Waals surface area contributed by atoms with Crippen molar-refractivity contribution in [1.29, 1.82) is 0 Å². The van der Waals surface area contributed by atoms with Gasteiger partial charge in [-0.3, -0.25) is 9.59 Å². The van der Waals surface area contributed by atoms with Crippen molar-refractivity contribution < 1.29 is 9.90 Å². The number of aryl methyl sites for hydroxylation is 1. The van der Waals surface area contributed by atoms with Crippen LogP contribution in [-0.4, -0.2) is 39.7 Å². The van der Waals surface area contributed by atoms with E-state index in [-0.39, 0.29) is 17.6 Å². The van der Waals surface area contributed by atoms with Crippen LogP contribution >= 0.6 is 11.3 Å². The second-order valence-electron chi connectivity index (χ2n) is 7.69. The number of rotatable bonds is 2. The minimum absolute atomic E-state index is 0.0526. The molecule has 0 bridgehead atoms. The summed E-state index contributed by atoms with van der Waals surface area (Å²) in [6, 6.07) is 15.6. The molecule has 1 N–H and O–H groups in total. The van der Waals surface area contributed by atoms with Gasteiger partial charge in [-0.2, -0.15) is 0 Å². The molecule has 0 aliphatic carbocycles. The number of thiophene rings is 1. The first-order valence-corrected chi connectivity index (χ1v) is 10.8. The Labute approximate surface area is 172 Å². The third-order valence-electron chi connectivity index (χ3n) is 5.85. The summed E-state index contributed by atoms with van der Waals surface area (Å²) < 4.78 is 1.75. The number of hydrogen-bond acceptors (Lipinski definition) is 4. The van der Waals surface area contributed by atoms with Gasteiger partial charge in [0.05, 0.1) is 22.2 Å². The number of benzene rings is 1. The summed E-state index contributed by atoms with van der Waals surface area (Å²) in [4.78, 5) is 29.8. The maximum absolute atomic E-state index is 13.3. The molecule has 5 rings (SSSR count). The van der Waals surface area contributed by atoms with Gasteiger partial charge < -0.3 is 14.6 Å². The number of fused-ring (bicyclic) bond motifs is 3. The largest absolute Gasteiger partial charge is 0.393 e. The Morgan fingerprint density at radius 1 is 1.03 bits per heavy atom. The fourth-order valence-electron chi connectivity index (χ4n) is 4.25. The standard InChI is InChI=1S/C23H22N2O3S/c26-17-9-11-24(12-10-17)23(28)18-6-7-20(27)25-13-8-16-14-19(29-22(16)21(18)25)15-4-2-1-3-5-15/h1-7,14,17,26H,8-13H2. The average molecular weight is 407 g/mol. The number of hydrogen-bond donors (Lipinski definition) is 1. The van der Waals surface area contributed by atoms with E-state index in [0.717, 1.165) is 27.4 Å². The fourth-order valence-corrected chi connectivity index (χ4v) is 5.53. The maximum Gasteiger partial charge on any atom is 0.256 e. The first kappa shape index (κ1) is 18.3. The molecular formula is C23H22N2O3S. The summed E-state index contributed by atoms with van der Waals surface area (Å²) in [5.74, 6) is -0.0526. The monoisotopic (exact) mass is 406 g/mol. The summed E-state index contributed by atoms with van der Waals surface area (Å²) in [5.41, 5.74) is 3.62. The molecule has 2 aliphatic heterocycles. The molecule has 2 aliphatic rings. The van der Waals surface area contributed by atoms with Gasteiger partial charge in [0.1, 0.15) is 0 Å². The SMILES string of the molecule is O=C(c1ccc(=O)n2c1-c1sc(-c3ccccc3)cc1CC2)N1CCC(O)CC1. The molecule has 29 heavy (non-hydrogen) atoms. The van der Waals surface area contributed by atoms with Crippen molar-refractivity contribution in [3.63, 3.8) is 0 Å². The number of aliphatic hydroxyl groups excluding tert-OH is 1. The van der Waals surface area contributed by atoms with E-state index in [1.807, 2.05) is 18.2 Å². The number of piperidine rings is 1. The number of likely N-dealkylation sites (tertiary alicyclic amines) is 1. The minimum atomic E-state index is -0.330. The van der Waals surface area contributed by atoms with Crippen LogP contribution < -0.4 is 5.56 Å². The lowest BCUT2D eigenvalue weighted by Gasteiger charge is -2.31. The Hall–Kier alpha value is -2.70. The van der Waals surface area contributed by atoms with E-state index in [1.54, 1.807) is 26.9 Å². The summed E-state index contributed by atoms with van der Waals surface area (Å²) in [5, 5.41) is 9.77. The number of aliphatic hydroxyl groups is 1. The topological polar surface area (TPSA) is 62.5 Å². The average Bonchev–Trinajstić information content (AvgIpc) is 3.19. The van der Waals surface area contributed by atoms with Gasteiger partial charge in [-0.15, -0.1) is 11.3 Å². The third-order valence-corrected chi connectivity index (χ3v) is 7.09. The van der Waals surface area contributed by atoms with Crippen LogP contribution in [0.2, 0.25) is 0 Å². The lowest BCUT2D eigenvalue weighted by atomic mass is 10.00. The van der Waals surface area contributed by atoms with Crippen LogP contribution in [0, 0.1) is 0 Å². The Morgan fingerprint density at radius 3 is 2.55 bits per heavy atom. The van der Waals surface area contributed by atoms with Gasteiger partial charge in [0.25, 0.3) is 11.5 Å². The second kappa shape index (κ2) is 7.28. The number of pyridine rings is 1. The van der Waals surface area contributed by atoms with Crippen LogP contribution in [0.15, 0.2) is 53.3 Å². The molecule has 5 nitrogen and oxygen atoms in total. The van der Waals surface area contributed by atoms with E-state index >= 15 is 0 Å². The van der Waals surface area contributed by atoms with Gasteiger partial charge >= 0.3 is 0 Å². The van der Waals surface area contributed by atoms with E-state index in [4.69, 9.17) is 0 Å². The highest BCUT2D eigenvalue weighted by Gasteiger charge is 2.29. The minimum Gasteiger partial charge on any atom is -0.393 e. The molecule has 3 aromatic rings. The Kier molecular flexibility index (Phi) is 4.60. The van der Waals surface area contributed by atoms with Gasteiger partial charge in [-0.25, -0.2) is 0 Å². The Morgan fingerprint density at radius 2 is 1.79 bits per heavy atom. The Bertz CT molecular complexity index is 1120. The van der Waals surface area contributed by atoms with Gasteiger partial charge in [0.2, 0.25) is 0 Å². The van der Waals surface area contributed by atoms with Crippen molar-refractivity contribution in [1.82, 2.24) is 9.47 Å². The molecule has 1 aromatic carbocycles. The van der Waals surface area contributed by atoms with Gasteiger partial charge in [0.15, 0.2) is 0 Å². The van der Waals surface area contributed by atoms with Gasteiger partial charge in [-0.05, 0) is 42.5 Å². The summed E-state index contributed by atoms with van der Waals surface area (Å²) in [7, 11) is 0. The lowest BCUT2D eigenvalue weighted by molar-refractivity contribution is 0.0546. The molecular weight excluding hydrogens is 384 g/mol. The van der Waals surface area contributed by atoms with Crippen LogP contribution in [-0.2, 0) is 13.0 Å². The first-order chi connectivity index (χ1) is 14.1. The van der Waals surface area contributed by atoms with Crippen LogP contribution in [0.3, 0.4) is 0 Å². The number of aromatic nitrogens is 1. The molecule has 2 aromatic heterocycles. The van der Waals surface area contributed by atoms with E-state index < -0.39 is 0 Å². The second-order valence-corrected chi connectivity index (χ2v) is 8.74. The number of carbonyl (C=O) groups excluding carboxylic acids is 1. The van der Waals surface area contributed by atoms with Crippen molar-refractivity contribution >= 4 is 17.2 Å². The highest BCUT2D eigenvalue weighted by Crippen LogP contribution is 2.42. The number of amides is 1. The van der Waals surface area contributed by atoms with Crippen LogP contribution in [0.25, 0.3) is 21.0 Å². The quantitative estimate of drug-likeness (QED) is 0.710. The molecule has 1 amide bonds. The molecule has 0 saturated carbocycles. The van der Waals surface area contributed by atoms with E-state index in [1.165, 1.54) is 11.6 Å². The number of nitrogens with zero attached hydrogens (tertiary/aromatic N) is 2. The fraction of sp³-hybridized carbons (Fsp3) is 0.304. The smallest absolute Gasteiger partial charge is 0.256 e. The molecule has 148 valence electrons. The molecule has 6 heteroatoms. The normalized spacial score (nSPS) is 16.4. The van der Waals surface area contributed by atoms with E-state index in [0.29, 0.717) is 38.0 Å². The predicted molar refractivity (Wildman–Crippen MR) is 114 cm³/mol. The van der Waals surface area contributed by atoms with E-state index in [2.05, 4.69) is 18.2 Å². The van der Waals surface area contributed by atoms with Crippen molar-refractivity contribution in [2.45, 2.75) is 31.9 Å². The van der Waals surface area contributed by atoms with Crippen molar-refractivity contribution in [2.24, 2.45) is 0 Å². The highest BCUT2D eigenvalue weighted by atomic mass is 32.1. The third kappa shape index (κ3) is 3.22. The molecule has 1 fully saturated rings. The van der Waals surface area contributed by atoms with Gasteiger partial charge in [-0.1, -0.05) is 30.3 Å². The Balaban J connectivity index is 1.61. The van der Waals surface area contributed by atoms with Crippen molar-refractivity contribution in [3.05, 3.63) is 70.0 Å².